The molecule has 0 saturated heterocycles. The Bertz CT molecular complexity index is 408. The molecule has 2 nitrogen and oxygen atoms in total. The van der Waals surface area contributed by atoms with Crippen LogP contribution in [-0.2, 0) is 4.75 Å². The minimum Gasteiger partial charge on any atom is -0.350 e. The molecule has 0 unspecified atom stereocenters. The van der Waals surface area contributed by atoms with E-state index in [0.717, 1.165) is 5.56 Å². The summed E-state index contributed by atoms with van der Waals surface area (Å²) in [6.45, 7) is 5.72. The largest absolute Gasteiger partial charge is 0.350 e. The van der Waals surface area contributed by atoms with Crippen LogP contribution in [0.3, 0.4) is 0 Å². The molecule has 16 heavy (non-hydrogen) atoms. The van der Waals surface area contributed by atoms with Gasteiger partial charge in [0.1, 0.15) is 0 Å². The van der Waals surface area contributed by atoms with E-state index in [1.54, 1.807) is 19.2 Å². The van der Waals surface area contributed by atoms with Gasteiger partial charge in [0.15, 0.2) is 0 Å². The molecule has 1 aromatic rings. The Morgan fingerprint density at radius 1 is 1.62 bits per heavy atom. The summed E-state index contributed by atoms with van der Waals surface area (Å²) in [5.41, 5.74) is 0.962. The van der Waals surface area contributed by atoms with E-state index in [2.05, 4.69) is 11.9 Å². The first kappa shape index (κ1) is 13.1. The van der Waals surface area contributed by atoms with Crippen LogP contribution in [0.15, 0.2) is 36.9 Å². The average Bonchev–Trinajstić information content (AvgIpc) is 2.28. The van der Waals surface area contributed by atoms with Crippen molar-refractivity contribution in [3.05, 3.63) is 47.5 Å². The molecule has 0 aromatic heterocycles. The lowest BCUT2D eigenvalue weighted by Crippen LogP contribution is -2.22. The van der Waals surface area contributed by atoms with Gasteiger partial charge in [0.2, 0.25) is 0 Å². The Morgan fingerprint density at radius 2 is 2.31 bits per heavy atom. The summed E-state index contributed by atoms with van der Waals surface area (Å²) >= 11 is 7.12. The topological polar surface area (TPSA) is 29.1 Å². The van der Waals surface area contributed by atoms with Crippen LogP contribution in [0.5, 0.6) is 0 Å². The van der Waals surface area contributed by atoms with Gasteiger partial charge in [0.05, 0.1) is 4.75 Å². The molecule has 0 fully saturated rings. The van der Waals surface area contributed by atoms with E-state index in [4.69, 9.17) is 11.6 Å². The van der Waals surface area contributed by atoms with Gasteiger partial charge in [-0.25, -0.2) is 0 Å². The first-order valence-corrected chi connectivity index (χ1v) is 6.01. The van der Waals surface area contributed by atoms with Crippen LogP contribution >= 0.6 is 23.4 Å². The number of carbonyl (C=O) groups excluding carboxylic acids is 1. The molecule has 0 radical (unpaired) electrons. The number of carbonyl (C=O) groups is 1. The van der Waals surface area contributed by atoms with Crippen LogP contribution in [0.2, 0.25) is 5.02 Å². The molecule has 1 amide bonds. The van der Waals surface area contributed by atoms with Crippen LogP contribution in [0.1, 0.15) is 12.5 Å². The Labute approximate surface area is 105 Å². The van der Waals surface area contributed by atoms with Crippen LogP contribution in [0, 0.1) is 0 Å². The maximum absolute atomic E-state index is 11.4. The molecule has 1 aromatic carbocycles. The van der Waals surface area contributed by atoms with Gasteiger partial charge in [-0.15, -0.1) is 6.58 Å². The number of nitrogens with one attached hydrogen (secondary N) is 1. The summed E-state index contributed by atoms with van der Waals surface area (Å²) in [5, 5.41) is 3.14. The maximum Gasteiger partial charge on any atom is 0.279 e. The van der Waals surface area contributed by atoms with Crippen molar-refractivity contribution in [2.75, 3.05) is 7.05 Å². The SMILES string of the molecule is C=C[C@](C)(SC(=O)NC)c1cccc(Cl)c1. The van der Waals surface area contributed by atoms with Gasteiger partial charge in [0, 0.05) is 12.1 Å². The molecule has 4 heteroatoms. The molecule has 1 atom stereocenters. The zero-order chi connectivity index (χ0) is 12.2. The van der Waals surface area contributed by atoms with Gasteiger partial charge >= 0.3 is 0 Å². The highest BCUT2D eigenvalue weighted by Gasteiger charge is 2.27. The molecule has 0 saturated carbocycles. The van der Waals surface area contributed by atoms with Crippen LogP contribution in [-0.4, -0.2) is 12.3 Å². The lowest BCUT2D eigenvalue weighted by atomic mass is 10.0. The second kappa shape index (κ2) is 5.41. The number of rotatable bonds is 3. The van der Waals surface area contributed by atoms with Gasteiger partial charge in [-0.3, -0.25) is 4.79 Å². The highest BCUT2D eigenvalue weighted by molar-refractivity contribution is 8.14. The van der Waals surface area contributed by atoms with E-state index in [-0.39, 0.29) is 5.24 Å². The van der Waals surface area contributed by atoms with Crippen molar-refractivity contribution < 1.29 is 4.79 Å². The Morgan fingerprint density at radius 3 is 2.81 bits per heavy atom. The number of hydrogen-bond donors (Lipinski definition) is 1. The zero-order valence-electron chi connectivity index (χ0n) is 9.29. The summed E-state index contributed by atoms with van der Waals surface area (Å²) in [5.74, 6) is 0. The second-order valence-electron chi connectivity index (χ2n) is 3.46. The first-order valence-electron chi connectivity index (χ1n) is 4.82. The molecule has 86 valence electrons. The third-order valence-corrected chi connectivity index (χ3v) is 3.75. The van der Waals surface area contributed by atoms with E-state index in [0.29, 0.717) is 5.02 Å². The molecule has 0 aliphatic carbocycles. The van der Waals surface area contributed by atoms with Crippen LogP contribution in [0.25, 0.3) is 0 Å². The van der Waals surface area contributed by atoms with E-state index in [1.807, 2.05) is 25.1 Å². The molecule has 0 heterocycles. The van der Waals surface area contributed by atoms with E-state index >= 15 is 0 Å². The molecular formula is C12H14ClNOS. The fourth-order valence-corrected chi connectivity index (χ4v) is 2.26. The average molecular weight is 256 g/mol. The normalized spacial score (nSPS) is 13.9. The monoisotopic (exact) mass is 255 g/mol. The standard InChI is InChI=1S/C12H14ClNOS/c1-4-12(2,16-11(15)14-3)9-6-5-7-10(13)8-9/h4-8H,1H2,2-3H3,(H,14,15)/t12-/m0/s1. The first-order chi connectivity index (χ1) is 7.51. The van der Waals surface area contributed by atoms with E-state index in [1.165, 1.54) is 11.8 Å². The molecule has 1 N–H and O–H groups in total. The fraction of sp³-hybridized carbons (Fsp3) is 0.250. The zero-order valence-corrected chi connectivity index (χ0v) is 10.9. The van der Waals surface area contributed by atoms with Crippen molar-refractivity contribution in [3.8, 4) is 0 Å². The molecule has 0 spiro atoms. The maximum atomic E-state index is 11.4. The van der Waals surface area contributed by atoms with Crippen molar-refractivity contribution >= 4 is 28.6 Å². The van der Waals surface area contributed by atoms with Gasteiger partial charge in [-0.1, -0.05) is 29.8 Å². The third-order valence-electron chi connectivity index (χ3n) is 2.30. The summed E-state index contributed by atoms with van der Waals surface area (Å²) < 4.78 is -0.467. The quantitative estimate of drug-likeness (QED) is 0.832. The van der Waals surface area contributed by atoms with Crippen LogP contribution in [0.4, 0.5) is 4.79 Å². The Balaban J connectivity index is 3.04. The molecular weight excluding hydrogens is 242 g/mol. The number of benzene rings is 1. The predicted molar refractivity (Wildman–Crippen MR) is 71.0 cm³/mol. The highest BCUT2D eigenvalue weighted by Crippen LogP contribution is 2.38. The summed E-state index contributed by atoms with van der Waals surface area (Å²) in [7, 11) is 1.61. The predicted octanol–water partition coefficient (Wildman–Crippen LogP) is 3.81. The summed E-state index contributed by atoms with van der Waals surface area (Å²) in [4.78, 5) is 11.4. The highest BCUT2D eigenvalue weighted by atomic mass is 35.5. The van der Waals surface area contributed by atoms with Crippen molar-refractivity contribution in [1.82, 2.24) is 5.32 Å². The minimum atomic E-state index is -0.467. The van der Waals surface area contributed by atoms with E-state index in [9.17, 15) is 4.79 Å². The molecule has 1 rings (SSSR count). The third kappa shape index (κ3) is 3.03. The summed E-state index contributed by atoms with van der Waals surface area (Å²) in [6.07, 6.45) is 1.75. The summed E-state index contributed by atoms with van der Waals surface area (Å²) in [6, 6.07) is 7.45. The Kier molecular flexibility index (Phi) is 4.44. The Hall–Kier alpha value is -0.930. The number of amides is 1. The lowest BCUT2D eigenvalue weighted by Gasteiger charge is -2.24. The number of thioether (sulfide) groups is 1. The van der Waals surface area contributed by atoms with Crippen molar-refractivity contribution in [2.45, 2.75) is 11.7 Å². The lowest BCUT2D eigenvalue weighted by molar-refractivity contribution is 0.262. The molecule has 0 aliphatic rings. The number of halogens is 1. The minimum absolute atomic E-state index is 0.0950. The number of hydrogen-bond acceptors (Lipinski definition) is 2. The van der Waals surface area contributed by atoms with Gasteiger partial charge < -0.3 is 5.32 Å². The van der Waals surface area contributed by atoms with Gasteiger partial charge in [-0.05, 0) is 36.4 Å². The van der Waals surface area contributed by atoms with Crippen molar-refractivity contribution in [3.63, 3.8) is 0 Å². The van der Waals surface area contributed by atoms with Crippen molar-refractivity contribution in [1.29, 1.82) is 0 Å². The van der Waals surface area contributed by atoms with Crippen molar-refractivity contribution in [2.24, 2.45) is 0 Å². The van der Waals surface area contributed by atoms with Gasteiger partial charge in [0.25, 0.3) is 5.24 Å². The van der Waals surface area contributed by atoms with Crippen LogP contribution < -0.4 is 5.32 Å². The fourth-order valence-electron chi connectivity index (χ4n) is 1.26. The second-order valence-corrected chi connectivity index (χ2v) is 5.32. The van der Waals surface area contributed by atoms with E-state index < -0.39 is 4.75 Å². The molecule has 0 aliphatic heterocycles. The van der Waals surface area contributed by atoms with Gasteiger partial charge in [-0.2, -0.15) is 0 Å². The molecule has 0 bridgehead atoms. The smallest absolute Gasteiger partial charge is 0.279 e.